The molecule has 11 heteroatoms. The summed E-state index contributed by atoms with van der Waals surface area (Å²) in [5.74, 6) is 1.08. The van der Waals surface area contributed by atoms with Gasteiger partial charge in [0.25, 0.3) is 15.9 Å². The highest BCUT2D eigenvalue weighted by Crippen LogP contribution is 2.29. The summed E-state index contributed by atoms with van der Waals surface area (Å²) in [6, 6.07) is 27.6. The Hall–Kier alpha value is -4.35. The highest BCUT2D eigenvalue weighted by Gasteiger charge is 2.27. The van der Waals surface area contributed by atoms with E-state index in [1.165, 1.54) is 18.3 Å². The third kappa shape index (κ3) is 8.82. The van der Waals surface area contributed by atoms with Crippen molar-refractivity contribution < 1.29 is 27.4 Å². The summed E-state index contributed by atoms with van der Waals surface area (Å²) in [6.07, 6.45) is 1.45. The quantitative estimate of drug-likeness (QED) is 0.128. The number of hydrogen-bond donors (Lipinski definition) is 1. The number of anilines is 1. The topological polar surface area (TPSA) is 107 Å². The van der Waals surface area contributed by atoms with E-state index >= 15 is 0 Å². The van der Waals surface area contributed by atoms with E-state index in [1.54, 1.807) is 60.7 Å². The molecule has 0 heterocycles. The van der Waals surface area contributed by atoms with Crippen molar-refractivity contribution in [3.63, 3.8) is 0 Å². The maximum absolute atomic E-state index is 13.5. The first-order valence-corrected chi connectivity index (χ1v) is 15.8. The van der Waals surface area contributed by atoms with Crippen molar-refractivity contribution in [1.82, 2.24) is 5.43 Å². The number of carbonyl (C=O) groups is 1. The van der Waals surface area contributed by atoms with Crippen molar-refractivity contribution in [2.45, 2.75) is 25.3 Å². The molecule has 0 atom stereocenters. The molecule has 0 unspecified atom stereocenters. The van der Waals surface area contributed by atoms with Crippen LogP contribution in [0.5, 0.6) is 17.2 Å². The van der Waals surface area contributed by atoms with Gasteiger partial charge in [0.2, 0.25) is 0 Å². The van der Waals surface area contributed by atoms with Crippen LogP contribution < -0.4 is 23.9 Å². The summed E-state index contributed by atoms with van der Waals surface area (Å²) < 4.78 is 46.2. The number of halogens is 1. The molecule has 0 saturated carbocycles. The molecule has 43 heavy (non-hydrogen) atoms. The summed E-state index contributed by atoms with van der Waals surface area (Å²) in [5, 5.41) is 4.05. The zero-order valence-electron chi connectivity index (χ0n) is 23.8. The van der Waals surface area contributed by atoms with Crippen molar-refractivity contribution in [2.75, 3.05) is 24.1 Å². The average Bonchev–Trinajstić information content (AvgIpc) is 3.01. The molecule has 0 radical (unpaired) electrons. The van der Waals surface area contributed by atoms with Gasteiger partial charge in [0.1, 0.15) is 18.9 Å². The number of rotatable bonds is 14. The predicted octanol–water partition coefficient (Wildman–Crippen LogP) is 6.17. The van der Waals surface area contributed by atoms with Crippen molar-refractivity contribution >= 4 is 43.8 Å². The van der Waals surface area contributed by atoms with Crippen molar-refractivity contribution in [3.8, 4) is 17.2 Å². The molecule has 0 saturated heterocycles. The van der Waals surface area contributed by atoms with Crippen LogP contribution in [0.15, 0.2) is 112 Å². The number of amides is 1. The summed E-state index contributed by atoms with van der Waals surface area (Å²) in [7, 11) is -4.05. The minimum Gasteiger partial charge on any atom is -0.494 e. The highest BCUT2D eigenvalue weighted by molar-refractivity contribution is 9.10. The van der Waals surface area contributed by atoms with Crippen LogP contribution in [0.25, 0.3) is 0 Å². The molecule has 0 bridgehead atoms. The van der Waals surface area contributed by atoms with Crippen LogP contribution in [0.2, 0.25) is 0 Å². The number of hydrazone groups is 1. The summed E-state index contributed by atoms with van der Waals surface area (Å²) >= 11 is 3.43. The van der Waals surface area contributed by atoms with Crippen molar-refractivity contribution in [1.29, 1.82) is 0 Å². The number of carbonyl (C=O) groups excluding carboxylic acids is 1. The van der Waals surface area contributed by atoms with Crippen LogP contribution in [0.3, 0.4) is 0 Å². The Balaban J connectivity index is 1.46. The van der Waals surface area contributed by atoms with Gasteiger partial charge in [-0.3, -0.25) is 9.10 Å². The Morgan fingerprint density at radius 2 is 1.56 bits per heavy atom. The molecule has 0 aromatic heterocycles. The molecule has 1 amide bonds. The Labute approximate surface area is 260 Å². The first-order valence-electron chi connectivity index (χ1n) is 13.6. The standard InChI is InChI=1S/C32H32BrN3O6S/c1-3-40-28-17-15-27(16-18-28)36(43(38,39)29-8-6-5-7-9-29)22-32(37)35-34-21-25-12-19-30(31(20-25)41-4-2)42-23-24-10-13-26(33)14-11-24/h5-21H,3-4,22-23H2,1-2H3,(H,35,37). The van der Waals surface area contributed by atoms with Gasteiger partial charge in [-0.25, -0.2) is 13.8 Å². The molecule has 4 aromatic carbocycles. The number of sulfonamides is 1. The second-order valence-electron chi connectivity index (χ2n) is 9.10. The predicted molar refractivity (Wildman–Crippen MR) is 170 cm³/mol. The minimum atomic E-state index is -4.05. The molecule has 0 aliphatic carbocycles. The van der Waals surface area contributed by atoms with Gasteiger partial charge in [-0.2, -0.15) is 5.10 Å². The number of hydrogen-bond acceptors (Lipinski definition) is 7. The number of benzene rings is 4. The Bertz CT molecular complexity index is 1630. The lowest BCUT2D eigenvalue weighted by atomic mass is 10.2. The summed E-state index contributed by atoms with van der Waals surface area (Å²) in [6.45, 7) is 4.52. The maximum atomic E-state index is 13.5. The van der Waals surface area contributed by atoms with E-state index in [0.717, 1.165) is 14.3 Å². The smallest absolute Gasteiger partial charge is 0.264 e. The first kappa shape index (κ1) is 31.6. The first-order chi connectivity index (χ1) is 20.8. The van der Waals surface area contributed by atoms with Crippen LogP contribution in [0, 0.1) is 0 Å². The molecular weight excluding hydrogens is 634 g/mol. The molecule has 224 valence electrons. The maximum Gasteiger partial charge on any atom is 0.264 e. The van der Waals surface area contributed by atoms with Gasteiger partial charge in [-0.1, -0.05) is 46.3 Å². The molecule has 4 aromatic rings. The molecule has 4 rings (SSSR count). The fourth-order valence-corrected chi connectivity index (χ4v) is 5.70. The molecule has 1 N–H and O–H groups in total. The zero-order valence-corrected chi connectivity index (χ0v) is 26.2. The van der Waals surface area contributed by atoms with Crippen LogP contribution in [0.4, 0.5) is 5.69 Å². The number of nitrogens with zero attached hydrogens (tertiary/aromatic N) is 2. The minimum absolute atomic E-state index is 0.0612. The zero-order chi connectivity index (χ0) is 30.7. The fourth-order valence-electron chi connectivity index (χ4n) is 3.99. The third-order valence-corrected chi connectivity index (χ3v) is 8.35. The third-order valence-electron chi connectivity index (χ3n) is 6.03. The highest BCUT2D eigenvalue weighted by atomic mass is 79.9. The van der Waals surface area contributed by atoms with Gasteiger partial charge < -0.3 is 14.2 Å². The summed E-state index contributed by atoms with van der Waals surface area (Å²) in [5.41, 5.74) is 4.40. The van der Waals surface area contributed by atoms with Crippen molar-refractivity contribution in [3.05, 3.63) is 113 Å². The van der Waals surface area contributed by atoms with Gasteiger partial charge >= 0.3 is 0 Å². The van der Waals surface area contributed by atoms with E-state index in [1.807, 2.05) is 38.1 Å². The monoisotopic (exact) mass is 665 g/mol. The van der Waals surface area contributed by atoms with Crippen LogP contribution in [-0.2, 0) is 21.4 Å². The Morgan fingerprint density at radius 3 is 2.23 bits per heavy atom. The fraction of sp³-hybridized carbons (Fsp3) is 0.188. The lowest BCUT2D eigenvalue weighted by Gasteiger charge is -2.24. The number of ether oxygens (including phenoxy) is 3. The summed E-state index contributed by atoms with van der Waals surface area (Å²) in [4.78, 5) is 13.0. The second kappa shape index (κ2) is 15.2. The Morgan fingerprint density at radius 1 is 0.860 bits per heavy atom. The largest absolute Gasteiger partial charge is 0.494 e. The van der Waals surface area contributed by atoms with Crippen LogP contribution >= 0.6 is 15.9 Å². The van der Waals surface area contributed by atoms with Gasteiger partial charge in [0.15, 0.2) is 11.5 Å². The molecule has 0 fully saturated rings. The van der Waals surface area contributed by atoms with E-state index in [9.17, 15) is 13.2 Å². The SMILES string of the molecule is CCOc1ccc(N(CC(=O)NN=Cc2ccc(OCc3ccc(Br)cc3)c(OCC)c2)S(=O)(=O)c2ccccc2)cc1. The lowest BCUT2D eigenvalue weighted by Crippen LogP contribution is -2.39. The van der Waals surface area contributed by atoms with E-state index in [4.69, 9.17) is 14.2 Å². The molecule has 0 aliphatic rings. The lowest BCUT2D eigenvalue weighted by molar-refractivity contribution is -0.119. The normalized spacial score (nSPS) is 11.2. The van der Waals surface area contributed by atoms with Crippen molar-refractivity contribution in [2.24, 2.45) is 5.10 Å². The van der Waals surface area contributed by atoms with Gasteiger partial charge in [-0.15, -0.1) is 0 Å². The van der Waals surface area contributed by atoms with Crippen LogP contribution in [-0.4, -0.2) is 40.3 Å². The Kier molecular flexibility index (Phi) is 11.2. The van der Waals surface area contributed by atoms with Gasteiger partial charge in [0.05, 0.1) is 30.0 Å². The molecule has 0 spiro atoms. The van der Waals surface area contributed by atoms with Gasteiger partial charge in [0, 0.05) is 4.47 Å². The van der Waals surface area contributed by atoms with E-state index in [0.29, 0.717) is 48.3 Å². The van der Waals surface area contributed by atoms with E-state index < -0.39 is 22.5 Å². The van der Waals surface area contributed by atoms with E-state index in [2.05, 4.69) is 26.5 Å². The van der Waals surface area contributed by atoms with Crippen LogP contribution in [0.1, 0.15) is 25.0 Å². The molecule has 9 nitrogen and oxygen atoms in total. The second-order valence-corrected chi connectivity index (χ2v) is 11.9. The van der Waals surface area contributed by atoms with E-state index in [-0.39, 0.29) is 4.90 Å². The average molecular weight is 667 g/mol. The van der Waals surface area contributed by atoms with Gasteiger partial charge in [-0.05, 0) is 91.7 Å². The molecular formula is C32H32BrN3O6S. The number of nitrogens with one attached hydrogen (secondary N) is 1. The molecule has 0 aliphatic heterocycles.